The lowest BCUT2D eigenvalue weighted by Crippen LogP contribution is -2.38. The molecule has 0 aliphatic carbocycles. The van der Waals surface area contributed by atoms with Crippen LogP contribution in [0.5, 0.6) is 0 Å². The summed E-state index contributed by atoms with van der Waals surface area (Å²) in [5, 5.41) is 7.56. The average molecular weight is 331 g/mol. The van der Waals surface area contributed by atoms with Gasteiger partial charge in [0.25, 0.3) is 0 Å². The maximum Gasteiger partial charge on any atom is 0.191 e. The van der Waals surface area contributed by atoms with Crippen molar-refractivity contribution in [1.29, 1.82) is 0 Å². The molecule has 0 aliphatic heterocycles. The van der Waals surface area contributed by atoms with Crippen LogP contribution in [-0.4, -0.2) is 31.1 Å². The van der Waals surface area contributed by atoms with Gasteiger partial charge < -0.3 is 10.6 Å². The van der Waals surface area contributed by atoms with Crippen LogP contribution in [0.1, 0.15) is 15.6 Å². The van der Waals surface area contributed by atoms with Gasteiger partial charge in [-0.3, -0.25) is 4.99 Å². The Hall–Kier alpha value is -0.880. The molecule has 0 aromatic carbocycles. The molecule has 0 bridgehead atoms. The number of aromatic nitrogens is 1. The van der Waals surface area contributed by atoms with Crippen molar-refractivity contribution in [3.8, 4) is 0 Å². The number of nitrogens with zero attached hydrogens (tertiary/aromatic N) is 2. The standard InChI is InChI=1S/C12H19BrN4S/c1-8(13)7-16-12(14-4)15-6-5-11-17-9(2)10(3)18-11/h1,5-7H2,2-4H3,(H2,14,15,16). The van der Waals surface area contributed by atoms with Crippen molar-refractivity contribution < 1.29 is 0 Å². The van der Waals surface area contributed by atoms with Crippen molar-refractivity contribution in [3.05, 3.63) is 26.6 Å². The Morgan fingerprint density at radius 2 is 2.17 bits per heavy atom. The van der Waals surface area contributed by atoms with Gasteiger partial charge >= 0.3 is 0 Å². The Morgan fingerprint density at radius 3 is 2.67 bits per heavy atom. The van der Waals surface area contributed by atoms with E-state index in [-0.39, 0.29) is 0 Å². The van der Waals surface area contributed by atoms with Crippen LogP contribution in [-0.2, 0) is 6.42 Å². The molecule has 0 amide bonds. The van der Waals surface area contributed by atoms with E-state index in [9.17, 15) is 0 Å². The van der Waals surface area contributed by atoms with E-state index in [0.29, 0.717) is 6.54 Å². The van der Waals surface area contributed by atoms with Gasteiger partial charge in [0.05, 0.1) is 10.7 Å². The number of hydrogen-bond acceptors (Lipinski definition) is 3. The highest BCUT2D eigenvalue weighted by Crippen LogP contribution is 2.16. The van der Waals surface area contributed by atoms with Crippen LogP contribution in [0.25, 0.3) is 0 Å². The quantitative estimate of drug-likeness (QED) is 0.643. The molecule has 0 aliphatic rings. The third kappa shape index (κ3) is 5.18. The Balaban J connectivity index is 2.33. The zero-order valence-electron chi connectivity index (χ0n) is 11.0. The summed E-state index contributed by atoms with van der Waals surface area (Å²) < 4.78 is 0.900. The summed E-state index contributed by atoms with van der Waals surface area (Å²) in [4.78, 5) is 9.93. The molecule has 100 valence electrons. The van der Waals surface area contributed by atoms with E-state index in [2.05, 4.69) is 50.0 Å². The van der Waals surface area contributed by atoms with Crippen LogP contribution in [0.4, 0.5) is 0 Å². The van der Waals surface area contributed by atoms with E-state index in [0.717, 1.165) is 34.1 Å². The predicted molar refractivity (Wildman–Crippen MR) is 82.7 cm³/mol. The molecule has 4 nitrogen and oxygen atoms in total. The van der Waals surface area contributed by atoms with E-state index in [4.69, 9.17) is 0 Å². The molecule has 18 heavy (non-hydrogen) atoms. The summed E-state index contributed by atoms with van der Waals surface area (Å²) in [5.74, 6) is 0.778. The lowest BCUT2D eigenvalue weighted by Gasteiger charge is -2.10. The van der Waals surface area contributed by atoms with E-state index in [1.165, 1.54) is 4.88 Å². The molecule has 1 heterocycles. The number of thiazole rings is 1. The fourth-order valence-electron chi connectivity index (χ4n) is 1.33. The van der Waals surface area contributed by atoms with Crippen LogP contribution >= 0.6 is 27.3 Å². The lowest BCUT2D eigenvalue weighted by molar-refractivity contribution is 0.815. The molecule has 1 rings (SSSR count). The molecule has 1 aromatic heterocycles. The minimum absolute atomic E-state index is 0.662. The summed E-state index contributed by atoms with van der Waals surface area (Å²) in [7, 11) is 1.75. The second-order valence-corrected chi connectivity index (χ2v) is 6.28. The van der Waals surface area contributed by atoms with Gasteiger partial charge in [0.15, 0.2) is 5.96 Å². The molecule has 0 saturated heterocycles. The molecular weight excluding hydrogens is 312 g/mol. The van der Waals surface area contributed by atoms with Gasteiger partial charge in [-0.2, -0.15) is 0 Å². The van der Waals surface area contributed by atoms with E-state index >= 15 is 0 Å². The molecule has 1 aromatic rings. The second-order valence-electron chi connectivity index (χ2n) is 3.87. The Morgan fingerprint density at radius 1 is 1.44 bits per heavy atom. The molecule has 0 atom stereocenters. The molecule has 0 fully saturated rings. The van der Waals surface area contributed by atoms with Gasteiger partial charge in [-0.05, 0) is 13.8 Å². The Kier molecular flexibility index (Phi) is 6.35. The normalized spacial score (nSPS) is 11.4. The Bertz CT molecular complexity index is 420. The first-order valence-electron chi connectivity index (χ1n) is 5.73. The van der Waals surface area contributed by atoms with Crippen molar-refractivity contribution in [2.24, 2.45) is 4.99 Å². The number of halogens is 1. The third-order valence-electron chi connectivity index (χ3n) is 2.38. The number of hydrogen-bond donors (Lipinski definition) is 2. The molecular formula is C12H19BrN4S. The number of guanidine groups is 1. The maximum atomic E-state index is 4.50. The first kappa shape index (κ1) is 15.2. The predicted octanol–water partition coefficient (Wildman–Crippen LogP) is 2.38. The van der Waals surface area contributed by atoms with Gasteiger partial charge in [-0.1, -0.05) is 22.5 Å². The lowest BCUT2D eigenvalue weighted by atomic mass is 10.4. The first-order valence-corrected chi connectivity index (χ1v) is 7.34. The number of aryl methyl sites for hydroxylation is 2. The van der Waals surface area contributed by atoms with Crippen molar-refractivity contribution >= 4 is 33.2 Å². The van der Waals surface area contributed by atoms with Crippen molar-refractivity contribution in [1.82, 2.24) is 15.6 Å². The Labute approximate surface area is 121 Å². The summed E-state index contributed by atoms with van der Waals surface area (Å²) in [6.07, 6.45) is 0.912. The fourth-order valence-corrected chi connectivity index (χ4v) is 2.41. The number of aliphatic imine (C=N–C) groups is 1. The monoisotopic (exact) mass is 330 g/mol. The van der Waals surface area contributed by atoms with Crippen molar-refractivity contribution in [2.45, 2.75) is 20.3 Å². The molecule has 2 N–H and O–H groups in total. The molecule has 0 saturated carbocycles. The van der Waals surface area contributed by atoms with Gasteiger partial charge in [0.1, 0.15) is 0 Å². The van der Waals surface area contributed by atoms with Crippen LogP contribution in [0.2, 0.25) is 0 Å². The molecule has 6 heteroatoms. The first-order chi connectivity index (χ1) is 8.52. The van der Waals surface area contributed by atoms with Crippen LogP contribution in [0, 0.1) is 13.8 Å². The topological polar surface area (TPSA) is 49.3 Å². The highest BCUT2D eigenvalue weighted by atomic mass is 79.9. The highest BCUT2D eigenvalue weighted by Gasteiger charge is 2.03. The van der Waals surface area contributed by atoms with Crippen LogP contribution < -0.4 is 10.6 Å². The summed E-state index contributed by atoms with van der Waals surface area (Å²) in [6.45, 7) is 9.40. The van der Waals surface area contributed by atoms with Crippen molar-refractivity contribution in [3.63, 3.8) is 0 Å². The molecule has 0 radical (unpaired) electrons. The minimum atomic E-state index is 0.662. The average Bonchev–Trinajstić information content (AvgIpc) is 2.63. The summed E-state index contributed by atoms with van der Waals surface area (Å²) in [6, 6.07) is 0. The van der Waals surface area contributed by atoms with E-state index < -0.39 is 0 Å². The SMILES string of the molecule is C=C(Br)CNC(=NC)NCCc1nc(C)c(C)s1. The zero-order valence-corrected chi connectivity index (χ0v) is 13.4. The smallest absolute Gasteiger partial charge is 0.191 e. The van der Waals surface area contributed by atoms with Crippen LogP contribution in [0.15, 0.2) is 16.1 Å². The summed E-state index contributed by atoms with van der Waals surface area (Å²) >= 11 is 5.06. The molecule has 0 spiro atoms. The number of rotatable bonds is 5. The summed E-state index contributed by atoms with van der Waals surface area (Å²) in [5.41, 5.74) is 1.13. The van der Waals surface area contributed by atoms with Crippen molar-refractivity contribution in [2.75, 3.05) is 20.1 Å². The largest absolute Gasteiger partial charge is 0.356 e. The van der Waals surface area contributed by atoms with Crippen LogP contribution in [0.3, 0.4) is 0 Å². The van der Waals surface area contributed by atoms with Gasteiger partial charge in [-0.15, -0.1) is 11.3 Å². The van der Waals surface area contributed by atoms with E-state index in [1.807, 2.05) is 6.92 Å². The molecule has 0 unspecified atom stereocenters. The third-order valence-corrected chi connectivity index (χ3v) is 3.79. The second kappa shape index (κ2) is 7.53. The highest BCUT2D eigenvalue weighted by molar-refractivity contribution is 9.11. The maximum absolute atomic E-state index is 4.50. The number of nitrogens with one attached hydrogen (secondary N) is 2. The van der Waals surface area contributed by atoms with Gasteiger partial charge in [-0.25, -0.2) is 4.98 Å². The van der Waals surface area contributed by atoms with Gasteiger partial charge in [0, 0.05) is 35.9 Å². The zero-order chi connectivity index (χ0) is 13.5. The van der Waals surface area contributed by atoms with E-state index in [1.54, 1.807) is 18.4 Å². The fraction of sp³-hybridized carbons (Fsp3) is 0.500. The van der Waals surface area contributed by atoms with Gasteiger partial charge in [0.2, 0.25) is 0 Å². The minimum Gasteiger partial charge on any atom is -0.356 e.